The Morgan fingerprint density at radius 2 is 1.20 bits per heavy atom. The van der Waals surface area contributed by atoms with E-state index in [0.717, 1.165) is 11.5 Å². The molecular weight excluding hydrogens is 260 g/mol. The zero-order valence-electron chi connectivity index (χ0n) is 10.9. The molecule has 20 heavy (non-hydrogen) atoms. The van der Waals surface area contributed by atoms with Crippen molar-refractivity contribution in [3.63, 3.8) is 0 Å². The van der Waals surface area contributed by atoms with Crippen LogP contribution in [0.1, 0.15) is 17.3 Å². The summed E-state index contributed by atoms with van der Waals surface area (Å²) in [7, 11) is 0. The van der Waals surface area contributed by atoms with Crippen LogP contribution in [0.4, 0.5) is 0 Å². The van der Waals surface area contributed by atoms with Crippen molar-refractivity contribution < 1.29 is 23.1 Å². The molecule has 0 fully saturated rings. The van der Waals surface area contributed by atoms with E-state index in [0.29, 0.717) is 19.0 Å². The van der Waals surface area contributed by atoms with Crippen molar-refractivity contribution in [2.45, 2.75) is 19.8 Å². The van der Waals surface area contributed by atoms with Crippen molar-refractivity contribution in [2.24, 2.45) is 0 Å². The van der Waals surface area contributed by atoms with Gasteiger partial charge in [-0.3, -0.25) is 0 Å². The molecule has 0 atom stereocenters. The van der Waals surface area contributed by atoms with Crippen LogP contribution in [-0.4, -0.2) is 5.11 Å². The molecule has 3 heterocycles. The highest BCUT2D eigenvalue weighted by molar-refractivity contribution is 4.98. The van der Waals surface area contributed by atoms with Gasteiger partial charge in [-0.1, -0.05) is 0 Å². The lowest BCUT2D eigenvalue weighted by Gasteiger charge is -1.98. The summed E-state index contributed by atoms with van der Waals surface area (Å²) >= 11 is 0. The average molecular weight is 276 g/mol. The van der Waals surface area contributed by atoms with Crippen LogP contribution in [0, 0.1) is 0 Å². The Balaban J connectivity index is 0.000000178. The van der Waals surface area contributed by atoms with E-state index < -0.39 is 0 Å². The van der Waals surface area contributed by atoms with Crippen LogP contribution >= 0.6 is 0 Å². The third-order valence-electron chi connectivity index (χ3n) is 2.38. The molecule has 3 aromatic rings. The summed E-state index contributed by atoms with van der Waals surface area (Å²) in [4.78, 5) is 0. The van der Waals surface area contributed by atoms with E-state index in [1.165, 1.54) is 6.26 Å². The summed E-state index contributed by atoms with van der Waals surface area (Å²) in [6.07, 6.45) is 4.79. The molecule has 0 aliphatic heterocycles. The highest BCUT2D eigenvalue weighted by Gasteiger charge is 1.97. The van der Waals surface area contributed by atoms with E-state index in [2.05, 4.69) is 0 Å². The third kappa shape index (κ3) is 4.79. The number of furan rings is 3. The summed E-state index contributed by atoms with van der Waals surface area (Å²) < 4.78 is 20.3. The van der Waals surface area contributed by atoms with Crippen LogP contribution in [0.3, 0.4) is 0 Å². The fourth-order valence-electron chi connectivity index (χ4n) is 1.44. The Bertz CT molecular complexity index is 503. The van der Waals surface area contributed by atoms with Gasteiger partial charge in [0.2, 0.25) is 0 Å². The van der Waals surface area contributed by atoms with Crippen LogP contribution in [0.2, 0.25) is 0 Å². The van der Waals surface area contributed by atoms with Crippen LogP contribution in [0.15, 0.2) is 68.4 Å². The molecule has 0 saturated carbocycles. The van der Waals surface area contributed by atoms with E-state index in [-0.39, 0.29) is 6.61 Å². The van der Waals surface area contributed by atoms with Gasteiger partial charge in [0, 0.05) is 0 Å². The van der Waals surface area contributed by atoms with Crippen molar-refractivity contribution in [2.75, 3.05) is 0 Å². The summed E-state index contributed by atoms with van der Waals surface area (Å²) in [5, 5.41) is 8.33. The zero-order valence-corrected chi connectivity index (χ0v) is 10.9. The van der Waals surface area contributed by atoms with Crippen LogP contribution in [0.25, 0.3) is 0 Å². The first-order valence-electron chi connectivity index (χ1n) is 6.14. The van der Waals surface area contributed by atoms with Crippen molar-refractivity contribution in [3.05, 3.63) is 72.5 Å². The zero-order chi connectivity index (χ0) is 14.0. The second-order valence-corrected chi connectivity index (χ2v) is 3.89. The standard InChI is InChI=1S/C10H10O3.C5H6O2/c1-3-9(12-5-1)7-11-8-10-4-2-6-13-10;6-4-5-2-1-3-7-5/h1-6H,7-8H2;1-3,6H,4H2. The Hall–Kier alpha value is -2.24. The number of aliphatic hydroxyl groups is 1. The van der Waals surface area contributed by atoms with Gasteiger partial charge in [-0.2, -0.15) is 0 Å². The van der Waals surface area contributed by atoms with Crippen molar-refractivity contribution in [1.29, 1.82) is 0 Å². The van der Waals surface area contributed by atoms with Crippen molar-refractivity contribution >= 4 is 0 Å². The van der Waals surface area contributed by atoms with Gasteiger partial charge in [-0.05, 0) is 36.4 Å². The molecule has 3 aromatic heterocycles. The SMILES string of the molecule is OCc1ccco1.c1coc(COCc2ccco2)c1. The molecule has 106 valence electrons. The van der Waals surface area contributed by atoms with E-state index in [1.54, 1.807) is 24.7 Å². The second kappa shape index (κ2) is 8.04. The summed E-state index contributed by atoms with van der Waals surface area (Å²) in [5.74, 6) is 2.26. The maximum atomic E-state index is 8.33. The van der Waals surface area contributed by atoms with Gasteiger partial charge in [0.05, 0.1) is 18.8 Å². The van der Waals surface area contributed by atoms with Crippen LogP contribution in [-0.2, 0) is 24.6 Å². The smallest absolute Gasteiger partial charge is 0.129 e. The topological polar surface area (TPSA) is 68.9 Å². The van der Waals surface area contributed by atoms with Gasteiger partial charge in [-0.15, -0.1) is 0 Å². The predicted molar refractivity (Wildman–Crippen MR) is 70.5 cm³/mol. The van der Waals surface area contributed by atoms with E-state index in [9.17, 15) is 0 Å². The van der Waals surface area contributed by atoms with Gasteiger partial charge >= 0.3 is 0 Å². The van der Waals surface area contributed by atoms with Gasteiger partial charge in [0.25, 0.3) is 0 Å². The minimum atomic E-state index is -0.00694. The molecule has 5 nitrogen and oxygen atoms in total. The highest BCUT2D eigenvalue weighted by Crippen LogP contribution is 2.06. The molecule has 0 saturated heterocycles. The Morgan fingerprint density at radius 1 is 0.750 bits per heavy atom. The van der Waals surface area contributed by atoms with E-state index in [1.807, 2.05) is 24.3 Å². The first-order valence-corrected chi connectivity index (χ1v) is 6.14. The largest absolute Gasteiger partial charge is 0.467 e. The molecule has 0 amide bonds. The number of hydrogen-bond acceptors (Lipinski definition) is 5. The van der Waals surface area contributed by atoms with Crippen LogP contribution in [0.5, 0.6) is 0 Å². The molecule has 1 N–H and O–H groups in total. The van der Waals surface area contributed by atoms with Crippen LogP contribution < -0.4 is 0 Å². The molecule has 0 spiro atoms. The lowest BCUT2D eigenvalue weighted by molar-refractivity contribution is 0.0803. The van der Waals surface area contributed by atoms with Gasteiger partial charge in [0.1, 0.15) is 37.1 Å². The fourth-order valence-corrected chi connectivity index (χ4v) is 1.44. The number of hydrogen-bond donors (Lipinski definition) is 1. The van der Waals surface area contributed by atoms with Crippen molar-refractivity contribution in [1.82, 2.24) is 0 Å². The molecule has 3 rings (SSSR count). The monoisotopic (exact) mass is 276 g/mol. The lowest BCUT2D eigenvalue weighted by atomic mass is 10.4. The molecule has 0 aliphatic carbocycles. The molecular formula is C15H16O5. The van der Waals surface area contributed by atoms with Gasteiger partial charge < -0.3 is 23.1 Å². The molecule has 0 bridgehead atoms. The normalized spacial score (nSPS) is 10.1. The maximum absolute atomic E-state index is 8.33. The minimum absolute atomic E-state index is 0.00694. The lowest BCUT2D eigenvalue weighted by Crippen LogP contribution is -1.90. The number of ether oxygens (including phenoxy) is 1. The average Bonchev–Trinajstić information content (AvgIpc) is 3.23. The number of aliphatic hydroxyl groups excluding tert-OH is 1. The highest BCUT2D eigenvalue weighted by atomic mass is 16.5. The molecule has 0 aliphatic rings. The van der Waals surface area contributed by atoms with Gasteiger partial charge in [0.15, 0.2) is 0 Å². The van der Waals surface area contributed by atoms with Crippen molar-refractivity contribution in [3.8, 4) is 0 Å². The second-order valence-electron chi connectivity index (χ2n) is 3.89. The third-order valence-corrected chi connectivity index (χ3v) is 2.38. The summed E-state index contributed by atoms with van der Waals surface area (Å²) in [5.41, 5.74) is 0. The molecule has 0 aromatic carbocycles. The molecule has 5 heteroatoms. The van der Waals surface area contributed by atoms with E-state index in [4.69, 9.17) is 23.1 Å². The van der Waals surface area contributed by atoms with Gasteiger partial charge in [-0.25, -0.2) is 0 Å². The molecule has 0 unspecified atom stereocenters. The van der Waals surface area contributed by atoms with E-state index >= 15 is 0 Å². The maximum Gasteiger partial charge on any atom is 0.129 e. The fraction of sp³-hybridized carbons (Fsp3) is 0.200. The Kier molecular flexibility index (Phi) is 5.70. The Labute approximate surface area is 116 Å². The Morgan fingerprint density at radius 3 is 1.50 bits per heavy atom. The minimum Gasteiger partial charge on any atom is -0.467 e. The quantitative estimate of drug-likeness (QED) is 0.773. The predicted octanol–water partition coefficient (Wildman–Crippen LogP) is 3.36. The first kappa shape index (κ1) is 14.2. The number of rotatable bonds is 5. The first-order chi connectivity index (χ1) is 9.88. The summed E-state index contributed by atoms with van der Waals surface area (Å²) in [6, 6.07) is 10.9. The molecule has 0 radical (unpaired) electrons. The summed E-state index contributed by atoms with van der Waals surface area (Å²) in [6.45, 7) is 0.953.